The van der Waals surface area contributed by atoms with Crippen LogP contribution < -0.4 is 26.4 Å². The number of rotatable bonds is 8. The highest BCUT2D eigenvalue weighted by atomic mass is 16.4. The molecule has 1 saturated heterocycles. The van der Waals surface area contributed by atoms with Crippen molar-refractivity contribution in [2.45, 2.75) is 51.6 Å². The maximum atomic E-state index is 12.4. The molecule has 2 atom stereocenters. The minimum Gasteiger partial charge on any atom is -0.480 e. The zero-order valence-corrected chi connectivity index (χ0v) is 21.0. The van der Waals surface area contributed by atoms with Crippen molar-refractivity contribution in [3.8, 4) is 0 Å². The number of aliphatic carboxylic acids is 1. The van der Waals surface area contributed by atoms with Crippen molar-refractivity contribution < 1.29 is 9.90 Å². The Morgan fingerprint density at radius 3 is 2.59 bits per heavy atom. The van der Waals surface area contributed by atoms with E-state index >= 15 is 0 Å². The summed E-state index contributed by atoms with van der Waals surface area (Å²) in [7, 11) is 0. The van der Waals surface area contributed by atoms with Gasteiger partial charge in [-0.3, -0.25) is 9.59 Å². The quantitative estimate of drug-likeness (QED) is 0.307. The van der Waals surface area contributed by atoms with E-state index in [1.807, 2.05) is 73.3 Å². The van der Waals surface area contributed by atoms with Crippen LogP contribution in [0, 0.1) is 6.92 Å². The van der Waals surface area contributed by atoms with Crippen LogP contribution in [0.5, 0.6) is 0 Å². The first-order chi connectivity index (χ1) is 17.8. The second kappa shape index (κ2) is 10.0. The summed E-state index contributed by atoms with van der Waals surface area (Å²) in [5, 5.41) is 18.2. The number of carboxylic acid groups (broad SMARTS) is 1. The number of aromatic nitrogens is 1. The van der Waals surface area contributed by atoms with Crippen molar-refractivity contribution in [2.75, 3.05) is 22.1 Å². The highest BCUT2D eigenvalue weighted by Crippen LogP contribution is 2.29. The minimum absolute atomic E-state index is 0.127. The number of aryl methyl sites for hydroxylation is 1. The average Bonchev–Trinajstić information content (AvgIpc) is 2.89. The zero-order chi connectivity index (χ0) is 26.1. The topological polar surface area (TPSA) is 112 Å². The Hall–Kier alpha value is -4.20. The Labute approximate surface area is 214 Å². The van der Waals surface area contributed by atoms with Gasteiger partial charge in [0.05, 0.1) is 0 Å². The number of benzene rings is 2. The molecule has 3 N–H and O–H groups in total. The molecule has 3 aromatic carbocycles. The summed E-state index contributed by atoms with van der Waals surface area (Å²) >= 11 is 0. The lowest BCUT2D eigenvalue weighted by molar-refractivity contribution is -0.137. The molecule has 37 heavy (non-hydrogen) atoms. The molecule has 8 nitrogen and oxygen atoms in total. The van der Waals surface area contributed by atoms with E-state index in [9.17, 15) is 19.5 Å². The maximum Gasteiger partial charge on any atom is 0.326 e. The number of carboxylic acids is 1. The lowest BCUT2D eigenvalue weighted by Gasteiger charge is -2.37. The van der Waals surface area contributed by atoms with E-state index in [0.29, 0.717) is 12.2 Å². The zero-order valence-electron chi connectivity index (χ0n) is 21.0. The Balaban J connectivity index is 1.32. The smallest absolute Gasteiger partial charge is 0.326 e. The average molecular weight is 499 g/mol. The summed E-state index contributed by atoms with van der Waals surface area (Å²) in [4.78, 5) is 43.4. The van der Waals surface area contributed by atoms with Gasteiger partial charge in [-0.25, -0.2) is 9.78 Å². The molecular weight excluding hydrogens is 468 g/mol. The summed E-state index contributed by atoms with van der Waals surface area (Å²) in [6.07, 6.45) is 3.12. The van der Waals surface area contributed by atoms with Crippen molar-refractivity contribution >= 4 is 39.6 Å². The molecule has 2 heterocycles. The summed E-state index contributed by atoms with van der Waals surface area (Å²) < 4.78 is 0. The molecule has 1 aromatic heterocycles. The Morgan fingerprint density at radius 2 is 1.86 bits per heavy atom. The number of hydrogen-bond donors (Lipinski definition) is 3. The second-order valence-corrected chi connectivity index (χ2v) is 9.81. The van der Waals surface area contributed by atoms with Gasteiger partial charge < -0.3 is 20.6 Å². The van der Waals surface area contributed by atoms with Gasteiger partial charge in [-0.1, -0.05) is 36.4 Å². The predicted octanol–water partition coefficient (Wildman–Crippen LogP) is 4.37. The Kier molecular flexibility index (Phi) is 6.65. The minimum atomic E-state index is -1.08. The van der Waals surface area contributed by atoms with Crippen LogP contribution in [0.25, 0.3) is 10.8 Å². The van der Waals surface area contributed by atoms with E-state index in [1.54, 1.807) is 0 Å². The molecular formula is C29H30N4O4. The fourth-order valence-corrected chi connectivity index (χ4v) is 5.12. The third-order valence-corrected chi connectivity index (χ3v) is 7.12. The number of anilines is 4. The first kappa shape index (κ1) is 24.5. The molecule has 4 aromatic rings. The van der Waals surface area contributed by atoms with Crippen molar-refractivity contribution in [1.82, 2.24) is 4.98 Å². The van der Waals surface area contributed by atoms with E-state index in [0.717, 1.165) is 52.8 Å². The van der Waals surface area contributed by atoms with Crippen LogP contribution in [0.3, 0.4) is 0 Å². The highest BCUT2D eigenvalue weighted by Gasteiger charge is 2.32. The summed E-state index contributed by atoms with van der Waals surface area (Å²) in [6, 6.07) is 16.6. The van der Waals surface area contributed by atoms with Crippen LogP contribution >= 0.6 is 0 Å². The van der Waals surface area contributed by atoms with Gasteiger partial charge in [0.1, 0.15) is 23.2 Å². The molecule has 0 spiro atoms. The van der Waals surface area contributed by atoms with Gasteiger partial charge in [0.15, 0.2) is 0 Å². The first-order valence-electron chi connectivity index (χ1n) is 12.6. The molecule has 1 aliphatic heterocycles. The fourth-order valence-electron chi connectivity index (χ4n) is 5.12. The van der Waals surface area contributed by atoms with Gasteiger partial charge in [-0.2, -0.15) is 0 Å². The van der Waals surface area contributed by atoms with Crippen molar-refractivity contribution in [2.24, 2.45) is 0 Å². The standard InChI is InChI=1S/C29H30N4O4/c1-17-15-20-8-3-4-9-22(20)28(30-17)31-21-12-10-19(11-13-21)16-23(29(36)37)32-24-25(27(35)26(24)34)33-14-6-5-7-18(33)2/h3-4,8-13,15,18,23,32H,5-7,14,16H2,1-2H3,(H,30,31)(H,36,37)/t18-,23?/m0/s1. The molecule has 190 valence electrons. The van der Waals surface area contributed by atoms with E-state index in [4.69, 9.17) is 0 Å². The van der Waals surface area contributed by atoms with Crippen molar-refractivity contribution in [3.63, 3.8) is 0 Å². The summed E-state index contributed by atoms with van der Waals surface area (Å²) in [5.74, 6) is -0.323. The van der Waals surface area contributed by atoms with Crippen LogP contribution in [0.2, 0.25) is 0 Å². The number of hydrogen-bond acceptors (Lipinski definition) is 7. The number of pyridine rings is 1. The number of nitrogens with zero attached hydrogens (tertiary/aromatic N) is 2. The number of fused-ring (bicyclic) bond motifs is 1. The molecule has 0 radical (unpaired) electrons. The lowest BCUT2D eigenvalue weighted by atomic mass is 9.99. The van der Waals surface area contributed by atoms with Crippen LogP contribution in [0.4, 0.5) is 22.9 Å². The number of carbonyl (C=O) groups is 1. The fraction of sp³-hybridized carbons (Fsp3) is 0.310. The molecule has 5 rings (SSSR count). The van der Waals surface area contributed by atoms with Gasteiger partial charge >= 0.3 is 5.97 Å². The van der Waals surface area contributed by atoms with Crippen LogP contribution in [-0.4, -0.2) is 34.7 Å². The predicted molar refractivity (Wildman–Crippen MR) is 147 cm³/mol. The maximum absolute atomic E-state index is 12.4. The van der Waals surface area contributed by atoms with Crippen molar-refractivity contribution in [1.29, 1.82) is 0 Å². The van der Waals surface area contributed by atoms with Crippen molar-refractivity contribution in [3.05, 3.63) is 86.3 Å². The molecule has 0 amide bonds. The largest absolute Gasteiger partial charge is 0.480 e. The van der Waals surface area contributed by atoms with Crippen LogP contribution in [-0.2, 0) is 11.2 Å². The highest BCUT2D eigenvalue weighted by molar-refractivity contribution is 5.93. The molecule has 0 bridgehead atoms. The van der Waals surface area contributed by atoms with E-state index < -0.39 is 22.9 Å². The van der Waals surface area contributed by atoms with Gasteiger partial charge in [0.25, 0.3) is 10.9 Å². The molecule has 0 saturated carbocycles. The van der Waals surface area contributed by atoms with Crippen LogP contribution in [0.1, 0.15) is 37.4 Å². The first-order valence-corrected chi connectivity index (χ1v) is 12.6. The molecule has 8 heteroatoms. The molecule has 1 aliphatic rings. The van der Waals surface area contributed by atoms with E-state index in [2.05, 4.69) is 15.6 Å². The Bertz CT molecular complexity index is 1520. The number of nitrogens with one attached hydrogen (secondary N) is 2. The second-order valence-electron chi connectivity index (χ2n) is 9.81. The third kappa shape index (κ3) is 4.91. The van der Waals surface area contributed by atoms with Gasteiger partial charge in [0, 0.05) is 35.8 Å². The lowest BCUT2D eigenvalue weighted by Crippen LogP contribution is -2.49. The van der Waals surface area contributed by atoms with Gasteiger partial charge in [-0.15, -0.1) is 0 Å². The van der Waals surface area contributed by atoms with Crippen LogP contribution in [0.15, 0.2) is 64.2 Å². The van der Waals surface area contributed by atoms with Gasteiger partial charge in [-0.05, 0) is 62.3 Å². The SMILES string of the molecule is Cc1cc2ccccc2c(Nc2ccc(CC(Nc3c(N4CCCC[C@@H]4C)c(=O)c3=O)C(=O)O)cc2)n1. The van der Waals surface area contributed by atoms with E-state index in [1.165, 1.54) is 0 Å². The Morgan fingerprint density at radius 1 is 1.11 bits per heavy atom. The molecule has 1 fully saturated rings. The monoisotopic (exact) mass is 498 g/mol. The molecule has 0 aliphatic carbocycles. The summed E-state index contributed by atoms with van der Waals surface area (Å²) in [6.45, 7) is 4.67. The summed E-state index contributed by atoms with van der Waals surface area (Å²) in [5.41, 5.74) is 1.81. The van der Waals surface area contributed by atoms with Gasteiger partial charge in [0.2, 0.25) is 0 Å². The van der Waals surface area contributed by atoms with E-state index in [-0.39, 0.29) is 18.2 Å². The number of piperidine rings is 1. The molecule has 1 unspecified atom stereocenters. The third-order valence-electron chi connectivity index (χ3n) is 7.12. The normalized spacial score (nSPS) is 16.6.